The van der Waals surface area contributed by atoms with Gasteiger partial charge in [-0.3, -0.25) is 9.78 Å². The van der Waals surface area contributed by atoms with Gasteiger partial charge in [-0.2, -0.15) is 4.31 Å². The zero-order chi connectivity index (χ0) is 20.5. The monoisotopic (exact) mass is 410 g/mol. The summed E-state index contributed by atoms with van der Waals surface area (Å²) in [6.07, 6.45) is 2.54. The molecule has 6 nitrogen and oxygen atoms in total. The molecule has 0 bridgehead atoms. The van der Waals surface area contributed by atoms with Crippen LogP contribution >= 0.6 is 0 Å². The molecule has 2 aromatic rings. The summed E-state index contributed by atoms with van der Waals surface area (Å²) in [4.78, 5) is 12.6. The van der Waals surface area contributed by atoms with Crippen molar-refractivity contribution < 1.29 is 40.3 Å². The Morgan fingerprint density at radius 1 is 1.07 bits per heavy atom. The summed E-state index contributed by atoms with van der Waals surface area (Å²) in [6, 6.07) is 1.46. The van der Waals surface area contributed by atoms with E-state index in [0.717, 1.165) is 0 Å². The molecular formula is C15H11F5N2O4S. The van der Waals surface area contributed by atoms with Gasteiger partial charge in [0.2, 0.25) is 15.8 Å². The van der Waals surface area contributed by atoms with Gasteiger partial charge in [0, 0.05) is 18.9 Å². The number of aromatic nitrogens is 1. The fourth-order valence-electron chi connectivity index (χ4n) is 2.17. The van der Waals surface area contributed by atoms with Gasteiger partial charge in [-0.05, 0) is 24.1 Å². The molecule has 0 spiro atoms. The van der Waals surface area contributed by atoms with E-state index in [0.29, 0.717) is 5.56 Å². The van der Waals surface area contributed by atoms with Gasteiger partial charge in [0.15, 0.2) is 28.2 Å². The molecule has 0 saturated carbocycles. The third-order valence-electron chi connectivity index (χ3n) is 3.57. The highest BCUT2D eigenvalue weighted by Crippen LogP contribution is 2.29. The quantitative estimate of drug-likeness (QED) is 0.449. The molecule has 0 aliphatic heterocycles. The minimum Gasteiger partial charge on any atom is -0.480 e. The number of carboxylic acids is 1. The number of carbonyl (C=O) groups is 1. The Kier molecular flexibility index (Phi) is 5.80. The predicted molar refractivity (Wildman–Crippen MR) is 80.4 cm³/mol. The van der Waals surface area contributed by atoms with Crippen LogP contribution in [0.15, 0.2) is 23.4 Å². The minimum atomic E-state index is -5.41. The molecule has 0 aliphatic carbocycles. The number of aryl methyl sites for hydroxylation is 1. The minimum absolute atomic E-state index is 0.0810. The van der Waals surface area contributed by atoms with Gasteiger partial charge in [0.05, 0.1) is 0 Å². The maximum atomic E-state index is 13.9. The Bertz CT molecular complexity index is 985. The van der Waals surface area contributed by atoms with E-state index in [4.69, 9.17) is 5.11 Å². The molecule has 27 heavy (non-hydrogen) atoms. The van der Waals surface area contributed by atoms with Crippen LogP contribution in [-0.2, 0) is 21.4 Å². The van der Waals surface area contributed by atoms with Crippen LogP contribution in [0.3, 0.4) is 0 Å². The van der Waals surface area contributed by atoms with Gasteiger partial charge in [-0.25, -0.2) is 30.4 Å². The van der Waals surface area contributed by atoms with Crippen molar-refractivity contribution in [3.8, 4) is 0 Å². The average Bonchev–Trinajstić information content (AvgIpc) is 2.59. The fourth-order valence-corrected chi connectivity index (χ4v) is 3.65. The number of nitrogens with zero attached hydrogens (tertiary/aromatic N) is 2. The van der Waals surface area contributed by atoms with E-state index in [1.165, 1.54) is 25.4 Å². The Morgan fingerprint density at radius 2 is 1.59 bits per heavy atom. The van der Waals surface area contributed by atoms with Crippen LogP contribution in [0.5, 0.6) is 0 Å². The van der Waals surface area contributed by atoms with Crippen LogP contribution in [0.1, 0.15) is 11.1 Å². The van der Waals surface area contributed by atoms with Crippen molar-refractivity contribution in [1.29, 1.82) is 0 Å². The van der Waals surface area contributed by atoms with Crippen LogP contribution in [0, 0.1) is 36.0 Å². The lowest BCUT2D eigenvalue weighted by atomic mass is 10.1. The van der Waals surface area contributed by atoms with Crippen molar-refractivity contribution in [3.63, 3.8) is 0 Å². The summed E-state index contributed by atoms with van der Waals surface area (Å²) in [5, 5.41) is 8.92. The highest BCUT2D eigenvalue weighted by molar-refractivity contribution is 7.89. The molecule has 0 atom stereocenters. The van der Waals surface area contributed by atoms with Crippen molar-refractivity contribution >= 4 is 16.0 Å². The molecule has 2 rings (SSSR count). The summed E-state index contributed by atoms with van der Waals surface area (Å²) in [5.41, 5.74) is 0.638. The molecule has 0 radical (unpaired) electrons. The smallest absolute Gasteiger partial charge is 0.318 e. The second-order valence-corrected chi connectivity index (χ2v) is 7.24. The molecule has 0 fully saturated rings. The van der Waals surface area contributed by atoms with Gasteiger partial charge in [0.25, 0.3) is 0 Å². The normalized spacial score (nSPS) is 11.8. The lowest BCUT2D eigenvalue weighted by Gasteiger charge is -2.22. The summed E-state index contributed by atoms with van der Waals surface area (Å²) < 4.78 is 92.9. The molecule has 146 valence electrons. The number of hydrogen-bond donors (Lipinski definition) is 1. The first-order valence-electron chi connectivity index (χ1n) is 7.11. The van der Waals surface area contributed by atoms with Gasteiger partial charge in [-0.1, -0.05) is 0 Å². The molecule has 1 N–H and O–H groups in total. The molecule has 0 aliphatic rings. The van der Waals surface area contributed by atoms with E-state index < -0.39 is 63.1 Å². The van der Waals surface area contributed by atoms with Crippen molar-refractivity contribution in [1.82, 2.24) is 9.29 Å². The van der Waals surface area contributed by atoms with E-state index in [9.17, 15) is 35.2 Å². The van der Waals surface area contributed by atoms with Crippen LogP contribution in [-0.4, -0.2) is 35.3 Å². The third-order valence-corrected chi connectivity index (χ3v) is 5.39. The van der Waals surface area contributed by atoms with E-state index in [1.807, 2.05) is 0 Å². The maximum Gasteiger partial charge on any atom is 0.318 e. The molecule has 0 amide bonds. The van der Waals surface area contributed by atoms with Gasteiger partial charge in [0.1, 0.15) is 6.54 Å². The summed E-state index contributed by atoms with van der Waals surface area (Å²) in [7, 11) is -5.41. The maximum absolute atomic E-state index is 13.9. The Hall–Kier alpha value is -2.60. The van der Waals surface area contributed by atoms with E-state index in [1.54, 1.807) is 0 Å². The number of aliphatic carboxylic acids is 1. The van der Waals surface area contributed by atoms with Crippen LogP contribution in [0.4, 0.5) is 22.0 Å². The Balaban J connectivity index is 2.65. The largest absolute Gasteiger partial charge is 0.480 e. The van der Waals surface area contributed by atoms with Crippen molar-refractivity contribution in [2.75, 3.05) is 6.54 Å². The standard InChI is InChI=1S/C15H11F5N2O4S/c1-7-2-3-21-4-8(7)5-22(6-9(23)24)27(25,26)15-13(19)11(17)10(16)12(18)14(15)20/h2-4H,5-6H2,1H3,(H,23,24). The number of carboxylic acid groups (broad SMARTS) is 1. The van der Waals surface area contributed by atoms with Crippen molar-refractivity contribution in [2.24, 2.45) is 0 Å². The summed E-state index contributed by atoms with van der Waals surface area (Å²) in [5.74, 6) is -14.3. The highest BCUT2D eigenvalue weighted by Gasteiger charge is 2.38. The predicted octanol–water partition coefficient (Wildman–Crippen LogP) is 2.36. The first-order chi connectivity index (χ1) is 12.5. The topological polar surface area (TPSA) is 87.6 Å². The SMILES string of the molecule is Cc1ccncc1CN(CC(=O)O)S(=O)(=O)c1c(F)c(F)c(F)c(F)c1F. The summed E-state index contributed by atoms with van der Waals surface area (Å²) in [6.45, 7) is -0.467. The fraction of sp³-hybridized carbons (Fsp3) is 0.200. The number of halogens is 5. The molecule has 1 aromatic carbocycles. The van der Waals surface area contributed by atoms with Crippen LogP contribution in [0.25, 0.3) is 0 Å². The van der Waals surface area contributed by atoms with Crippen LogP contribution in [0.2, 0.25) is 0 Å². The second-order valence-electron chi connectivity index (χ2n) is 5.37. The zero-order valence-electron chi connectivity index (χ0n) is 13.5. The molecule has 0 unspecified atom stereocenters. The Labute approximate surface area is 149 Å². The van der Waals surface area contributed by atoms with E-state index >= 15 is 0 Å². The third kappa shape index (κ3) is 3.90. The molecule has 1 heterocycles. The van der Waals surface area contributed by atoms with Crippen molar-refractivity contribution in [3.05, 3.63) is 58.7 Å². The lowest BCUT2D eigenvalue weighted by molar-refractivity contribution is -0.137. The van der Waals surface area contributed by atoms with Crippen LogP contribution < -0.4 is 0 Å². The lowest BCUT2D eigenvalue weighted by Crippen LogP contribution is -2.37. The molecular weight excluding hydrogens is 399 g/mol. The molecule has 12 heteroatoms. The van der Waals surface area contributed by atoms with Gasteiger partial charge >= 0.3 is 5.97 Å². The number of rotatable bonds is 6. The number of pyridine rings is 1. The van der Waals surface area contributed by atoms with E-state index in [2.05, 4.69) is 4.98 Å². The summed E-state index contributed by atoms with van der Waals surface area (Å²) >= 11 is 0. The zero-order valence-corrected chi connectivity index (χ0v) is 14.3. The molecule has 0 saturated heterocycles. The Morgan fingerprint density at radius 3 is 2.07 bits per heavy atom. The van der Waals surface area contributed by atoms with E-state index in [-0.39, 0.29) is 9.87 Å². The highest BCUT2D eigenvalue weighted by atomic mass is 32.2. The number of sulfonamides is 1. The first-order valence-corrected chi connectivity index (χ1v) is 8.55. The van der Waals surface area contributed by atoms with Crippen molar-refractivity contribution in [2.45, 2.75) is 18.4 Å². The number of benzene rings is 1. The average molecular weight is 410 g/mol. The van der Waals surface area contributed by atoms with Gasteiger partial charge in [-0.15, -0.1) is 0 Å². The number of hydrogen-bond acceptors (Lipinski definition) is 4. The molecule has 1 aromatic heterocycles. The first kappa shape index (κ1) is 20.7. The van der Waals surface area contributed by atoms with Gasteiger partial charge < -0.3 is 5.11 Å². The second kappa shape index (κ2) is 7.56.